The smallest absolute Gasteiger partial charge is 0.00379 e. The molecule has 1 aliphatic heterocycles. The molecule has 1 nitrogen and oxygen atoms in total. The van der Waals surface area contributed by atoms with E-state index in [0.29, 0.717) is 10.5 Å². The van der Waals surface area contributed by atoms with Gasteiger partial charge in [0, 0.05) is 24.6 Å². The first-order chi connectivity index (χ1) is 3.93. The minimum Gasteiger partial charge on any atom is -0.315 e. The van der Waals surface area contributed by atoms with Crippen molar-refractivity contribution < 1.29 is 0 Å². The van der Waals surface area contributed by atoms with Gasteiger partial charge in [-0.05, 0) is 6.92 Å². The molecule has 1 fully saturated rings. The molecule has 0 aliphatic carbocycles. The van der Waals surface area contributed by atoms with Crippen LogP contribution in [0.5, 0.6) is 0 Å². The van der Waals surface area contributed by atoms with Crippen LogP contribution in [0.15, 0.2) is 0 Å². The third-order valence-electron chi connectivity index (χ3n) is 1.42. The summed E-state index contributed by atoms with van der Waals surface area (Å²) in [6, 6.07) is 0. The maximum Gasteiger partial charge on any atom is 0.00379 e. The zero-order valence-corrected chi connectivity index (χ0v) is 6.13. The average Bonchev–Trinajstić information content (AvgIpc) is 1.90. The lowest BCUT2D eigenvalue weighted by atomic mass is 10.6. The van der Waals surface area contributed by atoms with E-state index in [2.05, 4.69) is 17.6 Å². The first-order valence-corrected chi connectivity index (χ1v) is 4.72. The monoisotopic (exact) mass is 131 g/mol. The van der Waals surface area contributed by atoms with Crippen molar-refractivity contribution in [2.75, 3.05) is 24.6 Å². The third kappa shape index (κ3) is 1.60. The van der Waals surface area contributed by atoms with E-state index >= 15 is 0 Å². The van der Waals surface area contributed by atoms with Gasteiger partial charge in [-0.15, -0.1) is 0 Å². The highest BCUT2D eigenvalue weighted by molar-refractivity contribution is 8.15. The molecule has 0 aromatic rings. The Hall–Kier alpha value is 0.180. The van der Waals surface area contributed by atoms with E-state index in [4.69, 9.17) is 0 Å². The largest absolute Gasteiger partial charge is 0.315 e. The summed E-state index contributed by atoms with van der Waals surface area (Å²) in [7, 11) is 0.661. The van der Waals surface area contributed by atoms with Crippen LogP contribution in [-0.2, 0) is 0 Å². The fourth-order valence-electron chi connectivity index (χ4n) is 0.869. The van der Waals surface area contributed by atoms with Crippen LogP contribution in [0.2, 0.25) is 0 Å². The van der Waals surface area contributed by atoms with Gasteiger partial charge in [-0.3, -0.25) is 0 Å². The minimum atomic E-state index is 0.661. The predicted molar refractivity (Wildman–Crippen MR) is 41.9 cm³/mol. The van der Waals surface area contributed by atoms with E-state index < -0.39 is 0 Å². The quantitative estimate of drug-likeness (QED) is 0.477. The Morgan fingerprint density at radius 2 is 2.00 bits per heavy atom. The summed E-state index contributed by atoms with van der Waals surface area (Å²) in [5.74, 6) is 2.74. The Morgan fingerprint density at radius 1 is 1.38 bits per heavy atom. The van der Waals surface area contributed by atoms with E-state index in [1.54, 1.807) is 0 Å². The zero-order valence-electron chi connectivity index (χ0n) is 5.31. The molecule has 0 aromatic heterocycles. The molecular weight excluding hydrogens is 118 g/mol. The second-order valence-electron chi connectivity index (χ2n) is 1.93. The van der Waals surface area contributed by atoms with Gasteiger partial charge in [-0.2, -0.15) is 10.5 Å². The van der Waals surface area contributed by atoms with Crippen LogP contribution in [0.3, 0.4) is 0 Å². The summed E-state index contributed by atoms with van der Waals surface area (Å²) in [5, 5.41) is 5.68. The van der Waals surface area contributed by atoms with Crippen LogP contribution in [0, 0.1) is 0 Å². The summed E-state index contributed by atoms with van der Waals surface area (Å²) < 4.78 is 0. The van der Waals surface area contributed by atoms with Crippen molar-refractivity contribution in [1.82, 2.24) is 5.32 Å². The Kier molecular flexibility index (Phi) is 2.56. The molecular formula is C6H13NS. The molecule has 8 heavy (non-hydrogen) atoms. The topological polar surface area (TPSA) is 12.0 Å². The van der Waals surface area contributed by atoms with Gasteiger partial charge >= 0.3 is 0 Å². The van der Waals surface area contributed by atoms with E-state index in [9.17, 15) is 0 Å². The molecule has 0 saturated carbocycles. The minimum absolute atomic E-state index is 0.661. The first-order valence-electron chi connectivity index (χ1n) is 3.10. The molecule has 1 N–H and O–H groups in total. The van der Waals surface area contributed by atoms with E-state index in [0.717, 1.165) is 0 Å². The molecule has 48 valence electrons. The first kappa shape index (κ1) is 6.30. The Morgan fingerprint density at radius 3 is 2.38 bits per heavy atom. The predicted octanol–water partition coefficient (Wildman–Crippen LogP) is 0.681. The fraction of sp³-hybridized carbons (Fsp3) is 0.833. The van der Waals surface area contributed by atoms with Crippen LogP contribution in [0.25, 0.3) is 0 Å². The standard InChI is InChI=1S/C6H13NS/c1-2-8-5-3-7-4-6-8/h2,7H,3-6H2,1H3. The number of hydrogen-bond acceptors (Lipinski definition) is 1. The molecule has 1 rings (SSSR count). The number of nitrogens with one attached hydrogen (secondary N) is 1. The van der Waals surface area contributed by atoms with Crippen LogP contribution in [0.1, 0.15) is 6.92 Å². The lowest BCUT2D eigenvalue weighted by molar-refractivity contribution is 0.755. The van der Waals surface area contributed by atoms with Crippen LogP contribution >= 0.6 is 10.5 Å². The van der Waals surface area contributed by atoms with Gasteiger partial charge in [0.1, 0.15) is 0 Å². The van der Waals surface area contributed by atoms with E-state index in [1.807, 2.05) is 0 Å². The zero-order chi connectivity index (χ0) is 5.82. The van der Waals surface area contributed by atoms with Gasteiger partial charge in [0.15, 0.2) is 0 Å². The molecule has 0 spiro atoms. The maximum atomic E-state index is 3.34. The summed E-state index contributed by atoms with van der Waals surface area (Å²) >= 11 is 0. The normalized spacial score (nSPS) is 23.1. The molecule has 1 aliphatic rings. The van der Waals surface area contributed by atoms with Gasteiger partial charge in [-0.25, -0.2) is 0 Å². The molecule has 0 bridgehead atoms. The molecule has 0 unspecified atom stereocenters. The van der Waals surface area contributed by atoms with Crippen molar-refractivity contribution in [3.05, 3.63) is 0 Å². The fourth-order valence-corrected chi connectivity index (χ4v) is 2.36. The van der Waals surface area contributed by atoms with Crippen molar-refractivity contribution in [3.63, 3.8) is 0 Å². The van der Waals surface area contributed by atoms with Crippen LogP contribution < -0.4 is 5.32 Å². The Bertz CT molecular complexity index is 90.7. The Labute approximate surface area is 53.4 Å². The molecule has 0 atom stereocenters. The second kappa shape index (κ2) is 3.25. The van der Waals surface area contributed by atoms with E-state index in [-0.39, 0.29) is 0 Å². The second-order valence-corrected chi connectivity index (χ2v) is 4.29. The van der Waals surface area contributed by atoms with Crippen molar-refractivity contribution in [2.24, 2.45) is 0 Å². The molecule has 0 aromatic carbocycles. The average molecular weight is 131 g/mol. The highest BCUT2D eigenvalue weighted by atomic mass is 32.2. The van der Waals surface area contributed by atoms with Gasteiger partial charge in [0.25, 0.3) is 0 Å². The highest BCUT2D eigenvalue weighted by Crippen LogP contribution is 2.11. The third-order valence-corrected chi connectivity index (χ3v) is 3.54. The summed E-state index contributed by atoms with van der Waals surface area (Å²) in [6.45, 7) is 4.63. The number of rotatable bonds is 0. The Balaban J connectivity index is 2.33. The van der Waals surface area contributed by atoms with Crippen molar-refractivity contribution in [1.29, 1.82) is 0 Å². The summed E-state index contributed by atoms with van der Waals surface area (Å²) in [6.07, 6.45) is 0. The molecule has 0 amide bonds. The summed E-state index contributed by atoms with van der Waals surface area (Å²) in [4.78, 5) is 0. The molecule has 1 heterocycles. The van der Waals surface area contributed by atoms with Gasteiger partial charge in [-0.1, -0.05) is 5.37 Å². The van der Waals surface area contributed by atoms with Crippen LogP contribution in [-0.4, -0.2) is 30.0 Å². The maximum absolute atomic E-state index is 3.34. The van der Waals surface area contributed by atoms with Gasteiger partial charge in [0.05, 0.1) is 0 Å². The van der Waals surface area contributed by atoms with E-state index in [1.165, 1.54) is 24.6 Å². The van der Waals surface area contributed by atoms with Crippen molar-refractivity contribution in [3.8, 4) is 0 Å². The summed E-state index contributed by atoms with van der Waals surface area (Å²) in [5.41, 5.74) is 0. The van der Waals surface area contributed by atoms with Crippen LogP contribution in [0.4, 0.5) is 0 Å². The SMILES string of the molecule is CC=S1CCNCC1. The van der Waals surface area contributed by atoms with Crippen molar-refractivity contribution in [2.45, 2.75) is 6.92 Å². The lowest BCUT2D eigenvalue weighted by Crippen LogP contribution is -2.26. The lowest BCUT2D eigenvalue weighted by Gasteiger charge is -2.15. The van der Waals surface area contributed by atoms with Gasteiger partial charge in [0.2, 0.25) is 0 Å². The number of hydrogen-bond donors (Lipinski definition) is 1. The van der Waals surface area contributed by atoms with Gasteiger partial charge < -0.3 is 5.32 Å². The molecule has 1 saturated heterocycles. The molecule has 2 heteroatoms. The highest BCUT2D eigenvalue weighted by Gasteiger charge is 1.99. The van der Waals surface area contributed by atoms with Crippen molar-refractivity contribution >= 4 is 15.9 Å². The molecule has 0 radical (unpaired) electrons.